The Balaban J connectivity index is 1.84. The Kier molecular flexibility index (Phi) is 4.52. The molecule has 2 aromatic heterocycles. The predicted molar refractivity (Wildman–Crippen MR) is 90.2 cm³/mol. The molecule has 1 aliphatic rings. The summed E-state index contributed by atoms with van der Waals surface area (Å²) in [6.45, 7) is 4.02. The van der Waals surface area contributed by atoms with Crippen molar-refractivity contribution in [1.82, 2.24) is 4.98 Å². The average Bonchev–Trinajstić information content (AvgIpc) is 2.90. The largest absolute Gasteiger partial charge is 0.489 e. The number of nitrogens with zero attached hydrogens (tertiary/aromatic N) is 1. The zero-order valence-corrected chi connectivity index (χ0v) is 14.0. The third-order valence-electron chi connectivity index (χ3n) is 3.42. The highest BCUT2D eigenvalue weighted by Gasteiger charge is 2.18. The van der Waals surface area contributed by atoms with Crippen LogP contribution in [-0.2, 0) is 12.2 Å². The van der Waals surface area contributed by atoms with Gasteiger partial charge in [0.2, 0.25) is 0 Å². The fourth-order valence-corrected chi connectivity index (χ4v) is 4.84. The molecule has 3 nitrogen and oxygen atoms in total. The number of aromatic nitrogens is 1. The van der Waals surface area contributed by atoms with Gasteiger partial charge in [-0.3, -0.25) is 4.98 Å². The second-order valence-corrected chi connectivity index (χ2v) is 7.77. The summed E-state index contributed by atoms with van der Waals surface area (Å²) < 4.78 is 5.70. The lowest BCUT2D eigenvalue weighted by Crippen LogP contribution is -2.12. The summed E-state index contributed by atoms with van der Waals surface area (Å²) >= 11 is 3.85. The van der Waals surface area contributed by atoms with E-state index >= 15 is 0 Å². The van der Waals surface area contributed by atoms with Gasteiger partial charge in [0.1, 0.15) is 5.75 Å². The molecular weight excluding hydrogens is 300 g/mol. The van der Waals surface area contributed by atoms with Crippen LogP contribution in [0.2, 0.25) is 0 Å². The first-order chi connectivity index (χ1) is 10.1. The Morgan fingerprint density at radius 3 is 2.90 bits per heavy atom. The molecule has 1 aliphatic heterocycles. The van der Waals surface area contributed by atoms with Crippen LogP contribution in [0.25, 0.3) is 0 Å². The topological polar surface area (TPSA) is 48.1 Å². The van der Waals surface area contributed by atoms with Gasteiger partial charge in [0.25, 0.3) is 0 Å². The van der Waals surface area contributed by atoms with E-state index in [4.69, 9.17) is 10.5 Å². The first-order valence-electron chi connectivity index (χ1n) is 7.20. The number of hydrogen-bond acceptors (Lipinski definition) is 5. The number of thioether (sulfide) groups is 1. The molecule has 3 heterocycles. The van der Waals surface area contributed by atoms with Gasteiger partial charge < -0.3 is 10.5 Å². The van der Waals surface area contributed by atoms with Crippen molar-refractivity contribution in [3.63, 3.8) is 0 Å². The van der Waals surface area contributed by atoms with Crippen LogP contribution in [0.3, 0.4) is 0 Å². The van der Waals surface area contributed by atoms with E-state index in [0.717, 1.165) is 17.1 Å². The minimum absolute atomic E-state index is 0.117. The molecule has 0 aliphatic carbocycles. The van der Waals surface area contributed by atoms with Crippen LogP contribution in [0, 0.1) is 0 Å². The Labute approximate surface area is 133 Å². The molecule has 0 saturated heterocycles. The van der Waals surface area contributed by atoms with Crippen molar-refractivity contribution in [3.8, 4) is 5.75 Å². The summed E-state index contributed by atoms with van der Waals surface area (Å²) in [7, 11) is 0. The average molecular weight is 320 g/mol. The number of aryl methyl sites for hydroxylation is 1. The minimum atomic E-state index is -0.117. The molecule has 112 valence electrons. The SMILES string of the molecule is CC(C)Oc1cncc(C(N)c2cc3c(s2)CCSC3)c1. The van der Waals surface area contributed by atoms with E-state index < -0.39 is 0 Å². The van der Waals surface area contributed by atoms with Gasteiger partial charge in [-0.2, -0.15) is 11.8 Å². The minimum Gasteiger partial charge on any atom is -0.489 e. The van der Waals surface area contributed by atoms with E-state index in [0.29, 0.717) is 0 Å². The van der Waals surface area contributed by atoms with E-state index in [-0.39, 0.29) is 12.1 Å². The maximum atomic E-state index is 6.44. The molecule has 0 fully saturated rings. The van der Waals surface area contributed by atoms with Gasteiger partial charge in [-0.15, -0.1) is 11.3 Å². The van der Waals surface area contributed by atoms with Gasteiger partial charge >= 0.3 is 0 Å². The van der Waals surface area contributed by atoms with Crippen LogP contribution in [0.5, 0.6) is 5.75 Å². The molecule has 5 heteroatoms. The van der Waals surface area contributed by atoms with Gasteiger partial charge in [0, 0.05) is 21.7 Å². The molecule has 0 amide bonds. The zero-order valence-electron chi connectivity index (χ0n) is 12.3. The summed E-state index contributed by atoms with van der Waals surface area (Å²) in [6.07, 6.45) is 4.90. The van der Waals surface area contributed by atoms with Crippen LogP contribution in [0.4, 0.5) is 0 Å². The normalized spacial score (nSPS) is 15.8. The van der Waals surface area contributed by atoms with Gasteiger partial charge in [0.15, 0.2) is 0 Å². The van der Waals surface area contributed by atoms with Crippen LogP contribution < -0.4 is 10.5 Å². The molecule has 3 rings (SSSR count). The molecular formula is C16H20N2OS2. The van der Waals surface area contributed by atoms with Gasteiger partial charge in [0.05, 0.1) is 18.3 Å². The molecule has 1 unspecified atom stereocenters. The third kappa shape index (κ3) is 3.42. The monoisotopic (exact) mass is 320 g/mol. The fraction of sp³-hybridized carbons (Fsp3) is 0.438. The molecule has 0 bridgehead atoms. The number of pyridine rings is 1. The molecule has 2 aromatic rings. The lowest BCUT2D eigenvalue weighted by atomic mass is 10.1. The van der Waals surface area contributed by atoms with Crippen LogP contribution in [-0.4, -0.2) is 16.8 Å². The van der Waals surface area contributed by atoms with Crippen molar-refractivity contribution in [2.75, 3.05) is 5.75 Å². The van der Waals surface area contributed by atoms with Crippen molar-refractivity contribution >= 4 is 23.1 Å². The summed E-state index contributed by atoms with van der Waals surface area (Å²) in [5.41, 5.74) is 8.91. The maximum absolute atomic E-state index is 6.44. The van der Waals surface area contributed by atoms with Crippen molar-refractivity contribution < 1.29 is 4.74 Å². The number of thiophene rings is 1. The zero-order chi connectivity index (χ0) is 14.8. The Morgan fingerprint density at radius 2 is 2.14 bits per heavy atom. The highest BCUT2D eigenvalue weighted by Crippen LogP contribution is 2.35. The Morgan fingerprint density at radius 1 is 1.29 bits per heavy atom. The first-order valence-corrected chi connectivity index (χ1v) is 9.17. The van der Waals surface area contributed by atoms with E-state index in [1.807, 2.05) is 49.2 Å². The highest BCUT2D eigenvalue weighted by molar-refractivity contribution is 7.98. The number of nitrogens with two attached hydrogens (primary N) is 1. The molecule has 0 aromatic carbocycles. The van der Waals surface area contributed by atoms with Crippen molar-refractivity contribution in [2.45, 2.75) is 38.2 Å². The van der Waals surface area contributed by atoms with Crippen LogP contribution in [0.15, 0.2) is 24.5 Å². The fourth-order valence-electron chi connectivity index (χ4n) is 2.43. The second-order valence-electron chi connectivity index (χ2n) is 5.50. The number of fused-ring (bicyclic) bond motifs is 1. The number of hydrogen-bond donors (Lipinski definition) is 1. The van der Waals surface area contributed by atoms with Crippen LogP contribution >= 0.6 is 23.1 Å². The quantitative estimate of drug-likeness (QED) is 0.931. The molecule has 0 spiro atoms. The lowest BCUT2D eigenvalue weighted by Gasteiger charge is -2.13. The lowest BCUT2D eigenvalue weighted by molar-refractivity contribution is 0.241. The second kappa shape index (κ2) is 6.38. The van der Waals surface area contributed by atoms with Crippen molar-refractivity contribution in [3.05, 3.63) is 45.4 Å². The number of rotatable bonds is 4. The maximum Gasteiger partial charge on any atom is 0.138 e. The summed E-state index contributed by atoms with van der Waals surface area (Å²) in [6, 6.07) is 4.16. The standard InChI is InChI=1S/C16H20N2OS2/c1-10(2)19-13-5-11(7-18-8-13)16(17)15-6-12-9-20-4-3-14(12)21-15/h5-8,10,16H,3-4,9,17H2,1-2H3. The molecule has 0 radical (unpaired) electrons. The number of ether oxygens (including phenoxy) is 1. The summed E-state index contributed by atoms with van der Waals surface area (Å²) in [5, 5.41) is 0. The van der Waals surface area contributed by atoms with E-state index in [1.54, 1.807) is 6.20 Å². The Bertz CT molecular complexity index is 601. The highest BCUT2D eigenvalue weighted by atomic mass is 32.2. The molecule has 0 saturated carbocycles. The first kappa shape index (κ1) is 14.9. The third-order valence-corrected chi connectivity index (χ3v) is 5.75. The molecule has 2 N–H and O–H groups in total. The van der Waals surface area contributed by atoms with Crippen molar-refractivity contribution in [1.29, 1.82) is 0 Å². The van der Waals surface area contributed by atoms with Crippen molar-refractivity contribution in [2.24, 2.45) is 5.73 Å². The molecule has 1 atom stereocenters. The van der Waals surface area contributed by atoms with Gasteiger partial charge in [-0.1, -0.05) is 0 Å². The predicted octanol–water partition coefficient (Wildman–Crippen LogP) is 3.77. The summed E-state index contributed by atoms with van der Waals surface area (Å²) in [4.78, 5) is 6.99. The smallest absolute Gasteiger partial charge is 0.138 e. The van der Waals surface area contributed by atoms with E-state index in [1.165, 1.54) is 27.5 Å². The van der Waals surface area contributed by atoms with Gasteiger partial charge in [-0.25, -0.2) is 0 Å². The summed E-state index contributed by atoms with van der Waals surface area (Å²) in [5.74, 6) is 3.13. The van der Waals surface area contributed by atoms with Crippen LogP contribution in [0.1, 0.15) is 40.8 Å². The van der Waals surface area contributed by atoms with Gasteiger partial charge in [-0.05, 0) is 49.3 Å². The van der Waals surface area contributed by atoms with E-state index in [2.05, 4.69) is 11.1 Å². The molecule has 21 heavy (non-hydrogen) atoms. The van der Waals surface area contributed by atoms with E-state index in [9.17, 15) is 0 Å². The Hall–Kier alpha value is -1.04.